The van der Waals surface area contributed by atoms with E-state index in [4.69, 9.17) is 13.9 Å². The maximum absolute atomic E-state index is 12.5. The number of hydrogen-bond acceptors (Lipinski definition) is 6. The predicted octanol–water partition coefficient (Wildman–Crippen LogP) is 5.37. The maximum Gasteiger partial charge on any atom is 0.363 e. The lowest BCUT2D eigenvalue weighted by Crippen LogP contribution is -2.09. The summed E-state index contributed by atoms with van der Waals surface area (Å²) in [6.07, 6.45) is 2.95. The number of furan rings is 1. The van der Waals surface area contributed by atoms with Gasteiger partial charge in [-0.05, 0) is 58.4 Å². The molecule has 8 heteroatoms. The highest BCUT2D eigenvalue weighted by Gasteiger charge is 2.26. The average molecular weight is 517 g/mol. The molecule has 1 aliphatic heterocycles. The zero-order chi connectivity index (χ0) is 20.4. The standard InChI is InChI=1S/C21H11Br2NO5/c22-14-9-13(10-16-21(26)29-19(24-16)17-7-4-8-27-17)18(15(23)11-14)28-20(25)12-5-2-1-3-6-12/h1-11H/b16-10+. The lowest BCUT2D eigenvalue weighted by Gasteiger charge is -2.11. The Morgan fingerprint density at radius 3 is 2.59 bits per heavy atom. The van der Waals surface area contributed by atoms with Crippen molar-refractivity contribution in [1.82, 2.24) is 0 Å². The molecule has 0 saturated heterocycles. The SMILES string of the molecule is O=C1OC(c2ccco2)=N/C1=C/c1cc(Br)cc(Br)c1OC(=O)c1ccccc1. The van der Waals surface area contributed by atoms with Crippen LogP contribution in [-0.4, -0.2) is 17.8 Å². The topological polar surface area (TPSA) is 78.1 Å². The highest BCUT2D eigenvalue weighted by Crippen LogP contribution is 2.35. The van der Waals surface area contributed by atoms with Crippen LogP contribution in [-0.2, 0) is 9.53 Å². The first-order valence-corrected chi connectivity index (χ1v) is 9.92. The van der Waals surface area contributed by atoms with Crippen molar-refractivity contribution in [2.45, 2.75) is 0 Å². The van der Waals surface area contributed by atoms with E-state index < -0.39 is 11.9 Å². The quantitative estimate of drug-likeness (QED) is 0.265. The zero-order valence-corrected chi connectivity index (χ0v) is 17.8. The van der Waals surface area contributed by atoms with Crippen molar-refractivity contribution in [1.29, 1.82) is 0 Å². The van der Waals surface area contributed by atoms with E-state index >= 15 is 0 Å². The third kappa shape index (κ3) is 4.23. The molecule has 0 spiro atoms. The molecule has 6 nitrogen and oxygen atoms in total. The number of rotatable bonds is 4. The second kappa shape index (κ2) is 8.18. The first kappa shape index (κ1) is 19.4. The fourth-order valence-corrected chi connectivity index (χ4v) is 3.92. The van der Waals surface area contributed by atoms with Gasteiger partial charge < -0.3 is 13.9 Å². The van der Waals surface area contributed by atoms with Crippen molar-refractivity contribution in [3.8, 4) is 5.75 Å². The minimum Gasteiger partial charge on any atom is -0.459 e. The fourth-order valence-electron chi connectivity index (χ4n) is 2.58. The highest BCUT2D eigenvalue weighted by atomic mass is 79.9. The molecule has 2 heterocycles. The second-order valence-electron chi connectivity index (χ2n) is 5.87. The molecule has 2 aromatic carbocycles. The van der Waals surface area contributed by atoms with Gasteiger partial charge in [0, 0.05) is 10.0 Å². The van der Waals surface area contributed by atoms with Crippen LogP contribution in [0.4, 0.5) is 0 Å². The van der Waals surface area contributed by atoms with Gasteiger partial charge in [-0.15, -0.1) is 0 Å². The molecule has 0 saturated carbocycles. The summed E-state index contributed by atoms with van der Waals surface area (Å²) in [7, 11) is 0. The lowest BCUT2D eigenvalue weighted by molar-refractivity contribution is -0.130. The molecule has 1 aromatic heterocycles. The Labute approximate surface area is 182 Å². The molecule has 0 aliphatic carbocycles. The molecule has 0 fully saturated rings. The predicted molar refractivity (Wildman–Crippen MR) is 113 cm³/mol. The van der Waals surface area contributed by atoms with Crippen LogP contribution in [0.15, 0.2) is 84.9 Å². The van der Waals surface area contributed by atoms with Crippen LogP contribution in [0.3, 0.4) is 0 Å². The van der Waals surface area contributed by atoms with E-state index in [1.54, 1.807) is 48.5 Å². The molecular weight excluding hydrogens is 506 g/mol. The van der Waals surface area contributed by atoms with Gasteiger partial charge in [0.05, 0.1) is 16.3 Å². The number of cyclic esters (lactones) is 1. The van der Waals surface area contributed by atoms with Gasteiger partial charge >= 0.3 is 11.9 Å². The van der Waals surface area contributed by atoms with Crippen molar-refractivity contribution in [2.24, 2.45) is 4.99 Å². The van der Waals surface area contributed by atoms with Crippen LogP contribution in [0, 0.1) is 0 Å². The zero-order valence-electron chi connectivity index (χ0n) is 14.6. The molecule has 3 aromatic rings. The molecule has 0 unspecified atom stereocenters. The number of ether oxygens (including phenoxy) is 2. The molecule has 0 atom stereocenters. The monoisotopic (exact) mass is 515 g/mol. The number of aliphatic imine (C=N–C) groups is 1. The van der Waals surface area contributed by atoms with E-state index in [1.165, 1.54) is 12.3 Å². The minimum absolute atomic E-state index is 0.0541. The van der Waals surface area contributed by atoms with Gasteiger partial charge in [0.1, 0.15) is 0 Å². The number of halogens is 2. The van der Waals surface area contributed by atoms with Crippen LogP contribution in [0.1, 0.15) is 21.7 Å². The number of carbonyl (C=O) groups excluding carboxylic acids is 2. The number of benzene rings is 2. The number of nitrogens with zero attached hydrogens (tertiary/aromatic N) is 1. The first-order chi connectivity index (χ1) is 14.0. The third-order valence-corrected chi connectivity index (χ3v) is 4.93. The lowest BCUT2D eigenvalue weighted by atomic mass is 10.1. The van der Waals surface area contributed by atoms with E-state index in [9.17, 15) is 9.59 Å². The summed E-state index contributed by atoms with van der Waals surface area (Å²) in [5.74, 6) is -0.491. The Hall–Kier alpha value is -2.97. The van der Waals surface area contributed by atoms with E-state index in [0.29, 0.717) is 21.4 Å². The van der Waals surface area contributed by atoms with Crippen LogP contribution >= 0.6 is 31.9 Å². The van der Waals surface area contributed by atoms with Crippen LogP contribution in [0.2, 0.25) is 0 Å². The van der Waals surface area contributed by atoms with E-state index in [1.807, 2.05) is 6.07 Å². The summed E-state index contributed by atoms with van der Waals surface area (Å²) in [4.78, 5) is 28.9. The number of esters is 2. The molecule has 29 heavy (non-hydrogen) atoms. The van der Waals surface area contributed by atoms with Crippen molar-refractivity contribution in [2.75, 3.05) is 0 Å². The van der Waals surface area contributed by atoms with Gasteiger partial charge in [0.2, 0.25) is 0 Å². The summed E-state index contributed by atoms with van der Waals surface area (Å²) >= 11 is 6.80. The van der Waals surface area contributed by atoms with Crippen molar-refractivity contribution in [3.63, 3.8) is 0 Å². The van der Waals surface area contributed by atoms with Gasteiger partial charge in [0.15, 0.2) is 17.2 Å². The highest BCUT2D eigenvalue weighted by molar-refractivity contribution is 9.11. The summed E-state index contributed by atoms with van der Waals surface area (Å²) in [5, 5.41) is 0. The summed E-state index contributed by atoms with van der Waals surface area (Å²) in [6, 6.07) is 15.4. The van der Waals surface area contributed by atoms with Crippen LogP contribution < -0.4 is 4.74 Å². The normalized spacial score (nSPS) is 14.6. The van der Waals surface area contributed by atoms with E-state index in [-0.39, 0.29) is 17.3 Å². The number of hydrogen-bond donors (Lipinski definition) is 0. The smallest absolute Gasteiger partial charge is 0.363 e. The van der Waals surface area contributed by atoms with E-state index in [2.05, 4.69) is 36.9 Å². The summed E-state index contributed by atoms with van der Waals surface area (Å²) < 4.78 is 17.2. The van der Waals surface area contributed by atoms with Gasteiger partial charge in [-0.25, -0.2) is 14.6 Å². The Balaban J connectivity index is 1.71. The Morgan fingerprint density at radius 2 is 1.86 bits per heavy atom. The van der Waals surface area contributed by atoms with Crippen LogP contribution in [0.25, 0.3) is 6.08 Å². The average Bonchev–Trinajstić information content (AvgIpc) is 3.35. The summed E-state index contributed by atoms with van der Waals surface area (Å²) in [6.45, 7) is 0. The maximum atomic E-state index is 12.5. The Kier molecular flexibility index (Phi) is 5.46. The second-order valence-corrected chi connectivity index (χ2v) is 7.64. The van der Waals surface area contributed by atoms with E-state index in [0.717, 1.165) is 4.47 Å². The van der Waals surface area contributed by atoms with Crippen molar-refractivity contribution < 1.29 is 23.5 Å². The van der Waals surface area contributed by atoms with Crippen molar-refractivity contribution in [3.05, 3.63) is 92.4 Å². The van der Waals surface area contributed by atoms with Gasteiger partial charge in [0.25, 0.3) is 5.90 Å². The largest absolute Gasteiger partial charge is 0.459 e. The fraction of sp³-hybridized carbons (Fsp3) is 0. The van der Waals surface area contributed by atoms with Crippen LogP contribution in [0.5, 0.6) is 5.75 Å². The molecule has 1 aliphatic rings. The van der Waals surface area contributed by atoms with Crippen molar-refractivity contribution >= 4 is 55.8 Å². The van der Waals surface area contributed by atoms with Gasteiger partial charge in [-0.1, -0.05) is 34.1 Å². The molecule has 0 bridgehead atoms. The first-order valence-electron chi connectivity index (χ1n) is 8.34. The molecule has 0 amide bonds. The molecule has 4 rings (SSSR count). The number of carbonyl (C=O) groups is 2. The molecule has 0 radical (unpaired) electrons. The Bertz CT molecular complexity index is 1150. The van der Waals surface area contributed by atoms with Gasteiger partial charge in [-0.2, -0.15) is 0 Å². The molecule has 144 valence electrons. The minimum atomic E-state index is -0.632. The van der Waals surface area contributed by atoms with Gasteiger partial charge in [-0.3, -0.25) is 0 Å². The molecular formula is C21H11Br2NO5. The molecule has 0 N–H and O–H groups in total. The Morgan fingerprint density at radius 1 is 1.07 bits per heavy atom. The third-order valence-electron chi connectivity index (χ3n) is 3.89. The summed E-state index contributed by atoms with van der Waals surface area (Å²) in [5.41, 5.74) is 0.921.